The van der Waals surface area contributed by atoms with Gasteiger partial charge in [-0.1, -0.05) is 46.0 Å². The lowest BCUT2D eigenvalue weighted by Crippen LogP contribution is -2.43. The third-order valence-corrected chi connectivity index (χ3v) is 7.28. The fraction of sp³-hybridized carbons (Fsp3) is 0.481. The molecule has 3 aliphatic heterocycles. The number of nitrogens with zero attached hydrogens (tertiary/aromatic N) is 4. The van der Waals surface area contributed by atoms with E-state index in [4.69, 9.17) is 58.3 Å². The molecule has 4 heterocycles. The molecule has 43 heavy (non-hydrogen) atoms. The molecule has 2 fully saturated rings. The lowest BCUT2D eigenvalue weighted by Gasteiger charge is -2.29. The summed E-state index contributed by atoms with van der Waals surface area (Å²) in [5, 5.41) is 3.73. The van der Waals surface area contributed by atoms with Crippen LogP contribution in [0.3, 0.4) is 0 Å². The number of benzene rings is 1. The van der Waals surface area contributed by atoms with Gasteiger partial charge in [0.05, 0.1) is 25.4 Å². The normalized spacial score (nSPS) is 21.9. The maximum atomic E-state index is 15.3. The van der Waals surface area contributed by atoms with Crippen molar-refractivity contribution in [1.82, 2.24) is 10.1 Å². The summed E-state index contributed by atoms with van der Waals surface area (Å²) in [6, 6.07) is 5.84. The molecule has 0 unspecified atom stereocenters. The van der Waals surface area contributed by atoms with E-state index in [1.807, 2.05) is 0 Å². The topological polar surface area (TPSA) is 124 Å². The summed E-state index contributed by atoms with van der Waals surface area (Å²) in [7, 11) is 0. The minimum Gasteiger partial charge on any atom is -0.445 e. The minimum atomic E-state index is -1.83. The number of hydrogen-bond donors (Lipinski definition) is 0. The number of anilines is 2. The lowest BCUT2D eigenvalue weighted by atomic mass is 9.98. The molecule has 0 spiro atoms. The van der Waals surface area contributed by atoms with E-state index in [2.05, 4.69) is 5.16 Å². The number of carbonyl (C=O) groups excluding carboxylic acids is 3. The summed E-state index contributed by atoms with van der Waals surface area (Å²) in [6.45, 7) is 3.72. The number of amides is 3. The Hall–Kier alpha value is -3.10. The molecule has 2 saturated heterocycles. The molecule has 232 valence electrons. The van der Waals surface area contributed by atoms with Gasteiger partial charge in [-0.15, -0.1) is 0 Å². The van der Waals surface area contributed by atoms with Crippen molar-refractivity contribution in [1.29, 1.82) is 0 Å². The lowest BCUT2D eigenvalue weighted by molar-refractivity contribution is -0.159. The summed E-state index contributed by atoms with van der Waals surface area (Å²) in [6.07, 6.45) is 0.383. The monoisotopic (exact) mass is 660 g/mol. The van der Waals surface area contributed by atoms with Crippen LogP contribution in [0.4, 0.5) is 25.5 Å². The number of rotatable bonds is 7. The van der Waals surface area contributed by atoms with Crippen molar-refractivity contribution in [2.75, 3.05) is 49.2 Å². The Labute approximate surface area is 261 Å². The van der Waals surface area contributed by atoms with Crippen LogP contribution in [0, 0.1) is 5.82 Å². The second kappa shape index (κ2) is 12.5. The number of halogens is 4. The highest BCUT2D eigenvalue weighted by Gasteiger charge is 2.40. The van der Waals surface area contributed by atoms with Crippen molar-refractivity contribution in [2.45, 2.75) is 42.1 Å². The Balaban J connectivity index is 1.22. The van der Waals surface area contributed by atoms with Crippen LogP contribution in [0.25, 0.3) is 5.57 Å². The van der Waals surface area contributed by atoms with Gasteiger partial charge in [0.25, 0.3) is 5.91 Å². The van der Waals surface area contributed by atoms with Gasteiger partial charge in [-0.25, -0.2) is 14.0 Å². The zero-order chi connectivity index (χ0) is 30.9. The van der Waals surface area contributed by atoms with Crippen LogP contribution in [0.1, 0.15) is 25.8 Å². The summed E-state index contributed by atoms with van der Waals surface area (Å²) in [4.78, 5) is 42.2. The van der Waals surface area contributed by atoms with E-state index in [0.717, 1.165) is 10.5 Å². The van der Waals surface area contributed by atoms with Crippen LogP contribution in [-0.4, -0.2) is 89.3 Å². The molecule has 1 aromatic carbocycles. The molecule has 0 radical (unpaired) electrons. The van der Waals surface area contributed by atoms with E-state index >= 15 is 4.39 Å². The molecule has 3 amide bonds. The number of hydrogen-bond acceptors (Lipinski definition) is 9. The summed E-state index contributed by atoms with van der Waals surface area (Å²) < 4.78 is 40.0. The van der Waals surface area contributed by atoms with Crippen molar-refractivity contribution >= 4 is 70.0 Å². The second-order valence-corrected chi connectivity index (χ2v) is 13.0. The van der Waals surface area contributed by atoms with E-state index in [9.17, 15) is 14.4 Å². The summed E-state index contributed by atoms with van der Waals surface area (Å²) in [5.74, 6) is -1.42. The Bertz CT molecular complexity index is 1400. The molecule has 1 aromatic heterocycles. The highest BCUT2D eigenvalue weighted by molar-refractivity contribution is 6.67. The molecule has 3 aliphatic rings. The Morgan fingerprint density at radius 2 is 2.05 bits per heavy atom. The number of carbonyl (C=O) groups is 3. The first-order chi connectivity index (χ1) is 20.3. The zero-order valence-corrected chi connectivity index (χ0v) is 25.4. The van der Waals surface area contributed by atoms with Gasteiger partial charge >= 0.3 is 12.2 Å². The first-order valence-electron chi connectivity index (χ1n) is 13.3. The molecule has 2 aromatic rings. The van der Waals surface area contributed by atoms with E-state index in [0.29, 0.717) is 25.1 Å². The quantitative estimate of drug-likeness (QED) is 0.381. The molecule has 0 saturated carbocycles. The molecule has 0 bridgehead atoms. The van der Waals surface area contributed by atoms with Gasteiger partial charge in [0, 0.05) is 24.7 Å². The average molecular weight is 662 g/mol. The van der Waals surface area contributed by atoms with Crippen molar-refractivity contribution in [3.63, 3.8) is 0 Å². The van der Waals surface area contributed by atoms with E-state index in [1.165, 1.54) is 23.3 Å². The number of aromatic nitrogens is 1. The Kier molecular flexibility index (Phi) is 9.10. The van der Waals surface area contributed by atoms with Crippen LogP contribution in [-0.2, 0) is 23.7 Å². The second-order valence-electron chi connectivity index (χ2n) is 10.5. The maximum Gasteiger partial charge on any atom is 0.415 e. The van der Waals surface area contributed by atoms with Gasteiger partial charge in [0.1, 0.15) is 24.8 Å². The third-order valence-electron chi connectivity index (χ3n) is 6.96. The molecule has 0 N–H and O–H groups in total. The molecule has 0 aliphatic carbocycles. The van der Waals surface area contributed by atoms with Gasteiger partial charge in [-0.3, -0.25) is 14.6 Å². The Morgan fingerprint density at radius 1 is 1.26 bits per heavy atom. The van der Waals surface area contributed by atoms with Gasteiger partial charge in [0.2, 0.25) is 3.79 Å². The van der Waals surface area contributed by atoms with Crippen LogP contribution < -0.4 is 9.80 Å². The highest BCUT2D eigenvalue weighted by atomic mass is 35.6. The summed E-state index contributed by atoms with van der Waals surface area (Å²) >= 11 is 17.0. The molecule has 2 atom stereocenters. The number of cyclic esters (lactones) is 1. The van der Waals surface area contributed by atoms with Crippen molar-refractivity contribution in [2.24, 2.45) is 0 Å². The van der Waals surface area contributed by atoms with Crippen LogP contribution >= 0.6 is 34.8 Å². The fourth-order valence-corrected chi connectivity index (χ4v) is 5.08. The molecule has 16 heteroatoms. The molecular weight excluding hydrogens is 634 g/mol. The predicted molar refractivity (Wildman–Crippen MR) is 154 cm³/mol. The SMILES string of the molecule is CC1(C)OC[C@@H](C(=O)N2CC=C(c3ccc(N4C[C@H](CN(C(=O)OCC(Cl)(Cl)Cl)c5ccon5)OC4=O)cc3F)CC2)O1. The van der Waals surface area contributed by atoms with Gasteiger partial charge in [-0.05, 0) is 44.0 Å². The van der Waals surface area contributed by atoms with Crippen molar-refractivity contribution < 1.29 is 42.2 Å². The van der Waals surface area contributed by atoms with Gasteiger partial charge in [-0.2, -0.15) is 0 Å². The molecule has 5 rings (SSSR count). The first-order valence-corrected chi connectivity index (χ1v) is 14.4. The van der Waals surface area contributed by atoms with Crippen LogP contribution in [0.5, 0.6) is 0 Å². The van der Waals surface area contributed by atoms with Gasteiger partial charge in [0.15, 0.2) is 17.7 Å². The summed E-state index contributed by atoms with van der Waals surface area (Å²) in [5.41, 5.74) is 1.39. The van der Waals surface area contributed by atoms with E-state index < -0.39 is 46.4 Å². The number of alkyl halides is 3. The zero-order valence-electron chi connectivity index (χ0n) is 23.1. The predicted octanol–water partition coefficient (Wildman–Crippen LogP) is 4.92. The standard InChI is InChI=1S/C27H28Cl3FN4O8/c1-26(2)40-14-21(43-26)23(36)33-8-5-16(6-9-33)19-4-3-17(11-20(19)31)34-12-18(42-25(34)38)13-35(22-7-10-41-32-22)24(37)39-15-27(28,29)30/h3-5,7,10-11,18,21H,6,8-9,12-15H2,1-2H3/t18-,21+/m1/s1. The van der Waals surface area contributed by atoms with Gasteiger partial charge < -0.3 is 28.4 Å². The highest BCUT2D eigenvalue weighted by Crippen LogP contribution is 2.32. The number of ether oxygens (including phenoxy) is 4. The smallest absolute Gasteiger partial charge is 0.415 e. The maximum absolute atomic E-state index is 15.3. The average Bonchev–Trinajstić information content (AvgIpc) is 3.70. The molecular formula is C27H28Cl3FN4O8. The van der Waals surface area contributed by atoms with Crippen LogP contribution in [0.15, 0.2) is 41.1 Å². The largest absolute Gasteiger partial charge is 0.445 e. The van der Waals surface area contributed by atoms with Crippen molar-refractivity contribution in [3.8, 4) is 0 Å². The minimum absolute atomic E-state index is 0.00718. The Morgan fingerprint density at radius 3 is 2.65 bits per heavy atom. The third kappa shape index (κ3) is 7.52. The van der Waals surface area contributed by atoms with E-state index in [-0.39, 0.29) is 37.1 Å². The molecule has 12 nitrogen and oxygen atoms in total. The van der Waals surface area contributed by atoms with Crippen LogP contribution in [0.2, 0.25) is 0 Å². The van der Waals surface area contributed by atoms with E-state index in [1.54, 1.807) is 37.0 Å². The first kappa shape index (κ1) is 31.3. The van der Waals surface area contributed by atoms with Crippen molar-refractivity contribution in [3.05, 3.63) is 48.0 Å². The fourth-order valence-electron chi connectivity index (χ4n) is 4.92.